The molecular formula is C30H42N4O5. The van der Waals surface area contributed by atoms with E-state index in [1.807, 2.05) is 38.2 Å². The molecule has 0 aliphatic carbocycles. The van der Waals surface area contributed by atoms with E-state index in [0.717, 1.165) is 37.2 Å². The van der Waals surface area contributed by atoms with Gasteiger partial charge in [-0.25, -0.2) is 0 Å². The van der Waals surface area contributed by atoms with Crippen molar-refractivity contribution in [1.29, 1.82) is 0 Å². The van der Waals surface area contributed by atoms with Gasteiger partial charge in [-0.2, -0.15) is 0 Å². The summed E-state index contributed by atoms with van der Waals surface area (Å²) in [5.41, 5.74) is 2.06. The van der Waals surface area contributed by atoms with Crippen LogP contribution < -0.4 is 20.1 Å². The Morgan fingerprint density at radius 3 is 2.62 bits per heavy atom. The highest BCUT2D eigenvalue weighted by Crippen LogP contribution is 2.35. The van der Waals surface area contributed by atoms with Crippen molar-refractivity contribution in [3.63, 3.8) is 0 Å². The molecule has 1 fully saturated rings. The second kappa shape index (κ2) is 13.3. The van der Waals surface area contributed by atoms with Gasteiger partial charge in [-0.1, -0.05) is 25.1 Å². The summed E-state index contributed by atoms with van der Waals surface area (Å²) in [6.45, 7) is 7.18. The molecule has 2 aliphatic heterocycles. The Hall–Kier alpha value is -3.14. The van der Waals surface area contributed by atoms with Crippen LogP contribution in [0.2, 0.25) is 0 Å². The zero-order valence-corrected chi connectivity index (χ0v) is 23.5. The van der Waals surface area contributed by atoms with Crippen molar-refractivity contribution >= 4 is 17.5 Å². The van der Waals surface area contributed by atoms with Gasteiger partial charge < -0.3 is 30.1 Å². The fourth-order valence-corrected chi connectivity index (χ4v) is 5.29. The van der Waals surface area contributed by atoms with Crippen molar-refractivity contribution in [2.75, 3.05) is 52.3 Å². The maximum Gasteiger partial charge on any atom is 0.258 e. The molecule has 2 aliphatic rings. The molecule has 0 aromatic heterocycles. The van der Waals surface area contributed by atoms with Gasteiger partial charge in [-0.3, -0.25) is 14.5 Å². The normalized spacial score (nSPS) is 21.0. The number of aliphatic hydroxyl groups excluding tert-OH is 1. The molecule has 2 heterocycles. The van der Waals surface area contributed by atoms with Crippen molar-refractivity contribution in [3.05, 3.63) is 53.6 Å². The van der Waals surface area contributed by atoms with Crippen molar-refractivity contribution < 1.29 is 24.2 Å². The predicted octanol–water partition coefficient (Wildman–Crippen LogP) is 2.99. The van der Waals surface area contributed by atoms with Gasteiger partial charge in [0.15, 0.2) is 5.75 Å². The molecular weight excluding hydrogens is 496 g/mol. The van der Waals surface area contributed by atoms with Gasteiger partial charge in [0, 0.05) is 31.5 Å². The van der Waals surface area contributed by atoms with E-state index in [1.54, 1.807) is 30.2 Å². The van der Waals surface area contributed by atoms with Gasteiger partial charge in [0.05, 0.1) is 31.0 Å². The Labute approximate surface area is 231 Å². The lowest BCUT2D eigenvalue weighted by Crippen LogP contribution is -2.49. The van der Waals surface area contributed by atoms with Gasteiger partial charge >= 0.3 is 0 Å². The number of hydrogen-bond donors (Lipinski definition) is 3. The minimum atomic E-state index is -0.350. The first-order valence-corrected chi connectivity index (χ1v) is 13.8. The third-order valence-electron chi connectivity index (χ3n) is 7.76. The number of carbonyl (C=O) groups is 2. The third-order valence-corrected chi connectivity index (χ3v) is 7.76. The molecule has 4 rings (SSSR count). The number of nitrogens with zero attached hydrogens (tertiary/aromatic N) is 2. The summed E-state index contributed by atoms with van der Waals surface area (Å²) in [4.78, 5) is 30.8. The quantitative estimate of drug-likeness (QED) is 0.451. The highest BCUT2D eigenvalue weighted by molar-refractivity contribution is 6.02. The number of hydrogen-bond acceptors (Lipinski definition) is 7. The van der Waals surface area contributed by atoms with E-state index in [2.05, 4.69) is 22.5 Å². The molecule has 9 heteroatoms. The minimum absolute atomic E-state index is 0.0254. The largest absolute Gasteiger partial charge is 0.497 e. The Morgan fingerprint density at radius 2 is 1.95 bits per heavy atom. The number of amides is 2. The van der Waals surface area contributed by atoms with Crippen LogP contribution in [0.25, 0.3) is 0 Å². The summed E-state index contributed by atoms with van der Waals surface area (Å²) in [7, 11) is 3.70. The Balaban J connectivity index is 1.61. The monoisotopic (exact) mass is 538 g/mol. The first-order valence-electron chi connectivity index (χ1n) is 13.8. The van der Waals surface area contributed by atoms with Crippen molar-refractivity contribution in [2.24, 2.45) is 11.8 Å². The molecule has 3 N–H and O–H groups in total. The standard InChI is InChI=1S/C30H42N4O5/c1-20-16-34(21(2)19-35)30(37)25-6-5-7-26(32-29(36)23-12-14-31-15-13-23)28(25)39-27(20)18-33(3)17-22-8-10-24(38-4)11-9-22/h5-11,20-21,23,27,31,35H,12-19H2,1-4H3,(H,32,36). The van der Waals surface area contributed by atoms with Gasteiger partial charge in [0.2, 0.25) is 5.91 Å². The molecule has 2 aromatic carbocycles. The molecule has 212 valence electrons. The number of methoxy groups -OCH3 is 1. The summed E-state index contributed by atoms with van der Waals surface area (Å²) in [5.74, 6) is 0.850. The molecule has 39 heavy (non-hydrogen) atoms. The van der Waals surface area contributed by atoms with E-state index in [9.17, 15) is 14.7 Å². The summed E-state index contributed by atoms with van der Waals surface area (Å²) in [5, 5.41) is 16.3. The highest BCUT2D eigenvalue weighted by Gasteiger charge is 2.35. The first kappa shape index (κ1) is 28.9. The van der Waals surface area contributed by atoms with Crippen LogP contribution in [0.4, 0.5) is 5.69 Å². The lowest BCUT2D eigenvalue weighted by Gasteiger charge is -2.38. The van der Waals surface area contributed by atoms with Crippen LogP contribution in [0.5, 0.6) is 11.5 Å². The maximum absolute atomic E-state index is 13.7. The minimum Gasteiger partial charge on any atom is -0.497 e. The smallest absolute Gasteiger partial charge is 0.258 e. The zero-order valence-electron chi connectivity index (χ0n) is 23.5. The van der Waals surface area contributed by atoms with Gasteiger partial charge in [0.1, 0.15) is 11.9 Å². The number of para-hydroxylation sites is 1. The molecule has 0 radical (unpaired) electrons. The van der Waals surface area contributed by atoms with Crippen LogP contribution in [0.15, 0.2) is 42.5 Å². The van der Waals surface area contributed by atoms with Gasteiger partial charge in [-0.05, 0) is 69.7 Å². The van der Waals surface area contributed by atoms with Crippen LogP contribution in [0.1, 0.15) is 42.6 Å². The number of aliphatic hydroxyl groups is 1. The number of nitrogens with one attached hydrogen (secondary N) is 2. The van der Waals surface area contributed by atoms with Crippen LogP contribution in [0, 0.1) is 11.8 Å². The number of piperidine rings is 1. The molecule has 0 spiro atoms. The van der Waals surface area contributed by atoms with Crippen LogP contribution >= 0.6 is 0 Å². The number of benzene rings is 2. The number of fused-ring (bicyclic) bond motifs is 1. The summed E-state index contributed by atoms with van der Waals surface area (Å²) < 4.78 is 11.9. The van der Waals surface area contributed by atoms with Crippen molar-refractivity contribution in [3.8, 4) is 11.5 Å². The Morgan fingerprint density at radius 1 is 1.23 bits per heavy atom. The number of anilines is 1. The van der Waals surface area contributed by atoms with E-state index >= 15 is 0 Å². The average Bonchev–Trinajstić information content (AvgIpc) is 2.95. The van der Waals surface area contributed by atoms with Gasteiger partial charge in [-0.15, -0.1) is 0 Å². The highest BCUT2D eigenvalue weighted by atomic mass is 16.5. The third kappa shape index (κ3) is 7.09. The molecule has 3 atom stereocenters. The number of likely N-dealkylation sites (N-methyl/N-ethyl adjacent to an activating group) is 1. The van der Waals surface area contributed by atoms with Gasteiger partial charge in [0.25, 0.3) is 5.91 Å². The zero-order chi connectivity index (χ0) is 27.9. The van der Waals surface area contributed by atoms with Crippen LogP contribution in [-0.4, -0.2) is 85.8 Å². The lowest BCUT2D eigenvalue weighted by molar-refractivity contribution is -0.120. The van der Waals surface area contributed by atoms with E-state index in [-0.39, 0.29) is 42.4 Å². The number of ether oxygens (including phenoxy) is 2. The molecule has 0 saturated carbocycles. The first-order chi connectivity index (χ1) is 18.8. The van der Waals surface area contributed by atoms with Crippen LogP contribution in [-0.2, 0) is 11.3 Å². The Kier molecular flexibility index (Phi) is 9.83. The second-order valence-corrected chi connectivity index (χ2v) is 10.9. The molecule has 3 unspecified atom stereocenters. The molecule has 0 bridgehead atoms. The van der Waals surface area contributed by atoms with E-state index in [1.165, 1.54) is 0 Å². The fourth-order valence-electron chi connectivity index (χ4n) is 5.29. The second-order valence-electron chi connectivity index (χ2n) is 10.9. The summed E-state index contributed by atoms with van der Waals surface area (Å²) >= 11 is 0. The van der Waals surface area contributed by atoms with E-state index < -0.39 is 0 Å². The molecule has 1 saturated heterocycles. The molecule has 9 nitrogen and oxygen atoms in total. The number of rotatable bonds is 9. The molecule has 2 amide bonds. The van der Waals surface area contributed by atoms with E-state index in [0.29, 0.717) is 36.6 Å². The van der Waals surface area contributed by atoms with E-state index in [4.69, 9.17) is 9.47 Å². The lowest BCUT2D eigenvalue weighted by atomic mass is 9.96. The summed E-state index contributed by atoms with van der Waals surface area (Å²) in [6.07, 6.45) is 1.29. The molecule has 2 aromatic rings. The number of carbonyl (C=O) groups excluding carboxylic acids is 2. The topological polar surface area (TPSA) is 103 Å². The van der Waals surface area contributed by atoms with Crippen LogP contribution in [0.3, 0.4) is 0 Å². The average molecular weight is 539 g/mol. The maximum atomic E-state index is 13.7. The van der Waals surface area contributed by atoms with Crippen molar-refractivity contribution in [2.45, 2.75) is 45.4 Å². The fraction of sp³-hybridized carbons (Fsp3) is 0.533. The SMILES string of the molecule is COc1ccc(CN(C)CC2Oc3c(NC(=O)C4CCNCC4)cccc3C(=O)N(C(C)CO)CC2C)cc1. The Bertz CT molecular complexity index is 1120. The predicted molar refractivity (Wildman–Crippen MR) is 151 cm³/mol. The summed E-state index contributed by atoms with van der Waals surface area (Å²) in [6, 6.07) is 13.0. The van der Waals surface area contributed by atoms with Crippen molar-refractivity contribution in [1.82, 2.24) is 15.1 Å².